The molecule has 2 unspecified atom stereocenters. The topological polar surface area (TPSA) is 35.2 Å². The van der Waals surface area contributed by atoms with Crippen molar-refractivity contribution in [1.29, 1.82) is 0 Å². The fourth-order valence-corrected chi connectivity index (χ4v) is 2.69. The number of rotatable bonds is 5. The van der Waals surface area contributed by atoms with E-state index in [9.17, 15) is 4.39 Å². The first kappa shape index (κ1) is 16.0. The van der Waals surface area contributed by atoms with Crippen molar-refractivity contribution in [3.05, 3.63) is 63.9 Å². The van der Waals surface area contributed by atoms with Crippen LogP contribution in [0.2, 0.25) is 0 Å². The van der Waals surface area contributed by atoms with Gasteiger partial charge in [0.15, 0.2) is 0 Å². The first-order valence-corrected chi connectivity index (χ1v) is 7.75. The van der Waals surface area contributed by atoms with Crippen LogP contribution in [0.15, 0.2) is 46.9 Å². The zero-order valence-corrected chi connectivity index (χ0v) is 13.7. The van der Waals surface area contributed by atoms with Crippen LogP contribution in [0.4, 0.5) is 4.39 Å². The normalized spacial score (nSPS) is 13.8. The van der Waals surface area contributed by atoms with Crippen molar-refractivity contribution < 1.29 is 9.13 Å². The Morgan fingerprint density at radius 1 is 1.24 bits per heavy atom. The van der Waals surface area contributed by atoms with E-state index in [1.165, 1.54) is 12.1 Å². The van der Waals surface area contributed by atoms with E-state index in [4.69, 9.17) is 10.5 Å². The highest BCUT2D eigenvalue weighted by molar-refractivity contribution is 9.10. The molecule has 2 aromatic carbocycles. The Balaban J connectivity index is 2.35. The third-order valence-corrected chi connectivity index (χ3v) is 4.19. The molecule has 2 aromatic rings. The molecule has 0 fully saturated rings. The number of hydrogen-bond donors (Lipinski definition) is 1. The van der Waals surface area contributed by atoms with E-state index < -0.39 is 0 Å². The van der Waals surface area contributed by atoms with Crippen molar-refractivity contribution in [2.75, 3.05) is 0 Å². The molecular weight excluding hydrogens is 333 g/mol. The van der Waals surface area contributed by atoms with Crippen molar-refractivity contribution in [3.63, 3.8) is 0 Å². The molecule has 0 aliphatic rings. The zero-order chi connectivity index (χ0) is 15.4. The van der Waals surface area contributed by atoms with Gasteiger partial charge in [-0.15, -0.1) is 0 Å². The maximum atomic E-state index is 13.2. The van der Waals surface area contributed by atoms with Crippen molar-refractivity contribution >= 4 is 15.9 Å². The second kappa shape index (κ2) is 7.05. The third kappa shape index (κ3) is 3.83. The number of nitrogens with two attached hydrogens (primary N) is 1. The van der Waals surface area contributed by atoms with E-state index in [0.717, 1.165) is 22.0 Å². The van der Waals surface area contributed by atoms with E-state index in [1.807, 2.05) is 38.1 Å². The largest absolute Gasteiger partial charge is 0.484 e. The average Bonchev–Trinajstić information content (AvgIpc) is 2.47. The molecule has 2 rings (SSSR count). The summed E-state index contributed by atoms with van der Waals surface area (Å²) in [7, 11) is 0. The zero-order valence-electron chi connectivity index (χ0n) is 12.1. The standard InChI is InChI=1S/C17H19BrFNO/c1-3-15(20)17(13-6-4-5-7-14(13)18)21-16-9-8-12(19)10-11(16)2/h4-10,15,17H,3,20H2,1-2H3. The van der Waals surface area contributed by atoms with Crippen LogP contribution in [0.1, 0.15) is 30.6 Å². The minimum absolute atomic E-state index is 0.145. The third-order valence-electron chi connectivity index (χ3n) is 3.46. The van der Waals surface area contributed by atoms with Gasteiger partial charge in [-0.2, -0.15) is 0 Å². The van der Waals surface area contributed by atoms with Gasteiger partial charge in [-0.25, -0.2) is 4.39 Å². The minimum atomic E-state index is -0.283. The second-order valence-electron chi connectivity index (χ2n) is 5.04. The maximum absolute atomic E-state index is 13.2. The molecule has 0 heterocycles. The highest BCUT2D eigenvalue weighted by atomic mass is 79.9. The number of halogens is 2. The summed E-state index contributed by atoms with van der Waals surface area (Å²) in [6.07, 6.45) is 0.501. The number of benzene rings is 2. The smallest absolute Gasteiger partial charge is 0.140 e. The van der Waals surface area contributed by atoms with Crippen LogP contribution in [-0.4, -0.2) is 6.04 Å². The lowest BCUT2D eigenvalue weighted by molar-refractivity contribution is 0.169. The van der Waals surface area contributed by atoms with Crippen molar-refractivity contribution in [2.24, 2.45) is 5.73 Å². The number of aryl methyl sites for hydroxylation is 1. The van der Waals surface area contributed by atoms with Gasteiger partial charge in [0.05, 0.1) is 0 Å². The summed E-state index contributed by atoms with van der Waals surface area (Å²) >= 11 is 3.54. The first-order valence-electron chi connectivity index (χ1n) is 6.95. The molecule has 2 nitrogen and oxygen atoms in total. The quantitative estimate of drug-likeness (QED) is 0.843. The van der Waals surface area contributed by atoms with Crippen molar-refractivity contribution in [3.8, 4) is 5.75 Å². The summed E-state index contributed by atoms with van der Waals surface area (Å²) in [5, 5.41) is 0. The summed E-state index contributed by atoms with van der Waals surface area (Å²) in [6, 6.07) is 12.2. The number of ether oxygens (including phenoxy) is 1. The molecule has 21 heavy (non-hydrogen) atoms. The van der Waals surface area contributed by atoms with Crippen LogP contribution in [0, 0.1) is 12.7 Å². The second-order valence-corrected chi connectivity index (χ2v) is 5.90. The highest BCUT2D eigenvalue weighted by Crippen LogP contribution is 2.32. The van der Waals surface area contributed by atoms with Gasteiger partial charge < -0.3 is 10.5 Å². The van der Waals surface area contributed by atoms with Crippen molar-refractivity contribution in [1.82, 2.24) is 0 Å². The lowest BCUT2D eigenvalue weighted by Gasteiger charge is -2.26. The molecule has 112 valence electrons. The maximum Gasteiger partial charge on any atom is 0.140 e. The summed E-state index contributed by atoms with van der Waals surface area (Å²) in [4.78, 5) is 0. The fraction of sp³-hybridized carbons (Fsp3) is 0.294. The van der Waals surface area contributed by atoms with Gasteiger partial charge in [0, 0.05) is 16.1 Å². The van der Waals surface area contributed by atoms with Gasteiger partial charge >= 0.3 is 0 Å². The van der Waals surface area contributed by atoms with Gasteiger partial charge in [-0.1, -0.05) is 41.1 Å². The summed E-state index contributed by atoms with van der Waals surface area (Å²) in [5.41, 5.74) is 7.98. The molecule has 0 saturated heterocycles. The summed E-state index contributed by atoms with van der Waals surface area (Å²) < 4.78 is 20.3. The molecule has 0 saturated carbocycles. The predicted octanol–water partition coefficient (Wildman–Crippen LogP) is 4.75. The SMILES string of the molecule is CCC(N)C(Oc1ccc(F)cc1C)c1ccccc1Br. The fourth-order valence-electron chi connectivity index (χ4n) is 2.18. The van der Waals surface area contributed by atoms with Gasteiger partial charge in [0.2, 0.25) is 0 Å². The molecule has 0 aliphatic heterocycles. The van der Waals surface area contributed by atoms with Crippen LogP contribution in [-0.2, 0) is 0 Å². The molecule has 0 bridgehead atoms. The summed E-state index contributed by atoms with van der Waals surface area (Å²) in [5.74, 6) is 0.387. The lowest BCUT2D eigenvalue weighted by Crippen LogP contribution is -2.31. The van der Waals surface area contributed by atoms with E-state index in [2.05, 4.69) is 15.9 Å². The predicted molar refractivity (Wildman–Crippen MR) is 86.9 cm³/mol. The Kier molecular flexibility index (Phi) is 5.37. The molecular formula is C17H19BrFNO. The minimum Gasteiger partial charge on any atom is -0.484 e. The van der Waals surface area contributed by atoms with Gasteiger partial charge in [-0.3, -0.25) is 0 Å². The van der Waals surface area contributed by atoms with Gasteiger partial charge in [0.1, 0.15) is 17.7 Å². The molecule has 4 heteroatoms. The van der Waals surface area contributed by atoms with E-state index >= 15 is 0 Å². The molecule has 0 aromatic heterocycles. The Morgan fingerprint density at radius 3 is 2.57 bits per heavy atom. The molecule has 2 N–H and O–H groups in total. The van der Waals surface area contributed by atoms with Crippen LogP contribution < -0.4 is 10.5 Å². The number of hydrogen-bond acceptors (Lipinski definition) is 2. The van der Waals surface area contributed by atoms with E-state index in [0.29, 0.717) is 5.75 Å². The van der Waals surface area contributed by atoms with Gasteiger partial charge in [0.25, 0.3) is 0 Å². The molecule has 0 spiro atoms. The van der Waals surface area contributed by atoms with Crippen LogP contribution >= 0.6 is 15.9 Å². The van der Waals surface area contributed by atoms with Crippen LogP contribution in [0.3, 0.4) is 0 Å². The first-order chi connectivity index (χ1) is 10.0. The Labute approximate surface area is 133 Å². The van der Waals surface area contributed by atoms with E-state index in [1.54, 1.807) is 6.07 Å². The van der Waals surface area contributed by atoms with Crippen LogP contribution in [0.25, 0.3) is 0 Å². The lowest BCUT2D eigenvalue weighted by atomic mass is 10.0. The Bertz CT molecular complexity index is 617. The molecule has 0 amide bonds. The Hall–Kier alpha value is -1.39. The summed E-state index contributed by atoms with van der Waals surface area (Å²) in [6.45, 7) is 3.85. The Morgan fingerprint density at radius 2 is 1.95 bits per heavy atom. The van der Waals surface area contributed by atoms with Crippen LogP contribution in [0.5, 0.6) is 5.75 Å². The van der Waals surface area contributed by atoms with Gasteiger partial charge in [-0.05, 0) is 43.2 Å². The van der Waals surface area contributed by atoms with Crippen molar-refractivity contribution in [2.45, 2.75) is 32.4 Å². The highest BCUT2D eigenvalue weighted by Gasteiger charge is 2.23. The molecule has 0 aliphatic carbocycles. The van der Waals surface area contributed by atoms with E-state index in [-0.39, 0.29) is 18.0 Å². The monoisotopic (exact) mass is 351 g/mol. The molecule has 2 atom stereocenters. The molecule has 0 radical (unpaired) electrons. The average molecular weight is 352 g/mol.